The van der Waals surface area contributed by atoms with E-state index in [0.29, 0.717) is 0 Å². The standard InChI is InChI=1S/C14H23N3O/c1-4-9-17(10-5-1)11-7-13-12-6-2-3-8-15-14(12)18-16-13/h6,14-15H,1-5,7-11H2/t14-/m0/s1. The van der Waals surface area contributed by atoms with Gasteiger partial charge in [0, 0.05) is 18.5 Å². The minimum atomic E-state index is 0.0313. The highest BCUT2D eigenvalue weighted by Crippen LogP contribution is 2.21. The smallest absolute Gasteiger partial charge is 0.206 e. The van der Waals surface area contributed by atoms with Gasteiger partial charge in [0.1, 0.15) is 0 Å². The van der Waals surface area contributed by atoms with Gasteiger partial charge in [-0.3, -0.25) is 5.32 Å². The molecule has 1 N–H and O–H groups in total. The normalized spacial score (nSPS) is 29.0. The molecule has 1 atom stereocenters. The quantitative estimate of drug-likeness (QED) is 0.830. The van der Waals surface area contributed by atoms with Gasteiger partial charge in [-0.1, -0.05) is 17.7 Å². The van der Waals surface area contributed by atoms with Crippen LogP contribution in [0, 0.1) is 0 Å². The zero-order chi connectivity index (χ0) is 12.2. The van der Waals surface area contributed by atoms with Gasteiger partial charge in [0.05, 0.1) is 5.71 Å². The van der Waals surface area contributed by atoms with Crippen LogP contribution in [0.4, 0.5) is 0 Å². The third-order valence-corrected chi connectivity index (χ3v) is 4.07. The molecule has 4 nitrogen and oxygen atoms in total. The van der Waals surface area contributed by atoms with Crippen molar-refractivity contribution in [1.82, 2.24) is 10.2 Å². The van der Waals surface area contributed by atoms with E-state index in [0.717, 1.165) is 25.9 Å². The molecule has 0 radical (unpaired) electrons. The number of likely N-dealkylation sites (tertiary alicyclic amines) is 1. The lowest BCUT2D eigenvalue weighted by molar-refractivity contribution is 0.0807. The van der Waals surface area contributed by atoms with Crippen LogP contribution in [0.1, 0.15) is 38.5 Å². The van der Waals surface area contributed by atoms with Crippen LogP contribution in [-0.4, -0.2) is 43.0 Å². The zero-order valence-electron chi connectivity index (χ0n) is 11.0. The van der Waals surface area contributed by atoms with E-state index in [-0.39, 0.29) is 6.23 Å². The van der Waals surface area contributed by atoms with E-state index in [2.05, 4.69) is 21.4 Å². The second kappa shape index (κ2) is 5.85. The molecule has 0 amide bonds. The van der Waals surface area contributed by atoms with Gasteiger partial charge in [0.25, 0.3) is 0 Å². The maximum atomic E-state index is 5.48. The Morgan fingerprint density at radius 1 is 1.28 bits per heavy atom. The van der Waals surface area contributed by atoms with E-state index in [1.807, 2.05) is 0 Å². The summed E-state index contributed by atoms with van der Waals surface area (Å²) in [5.74, 6) is 0. The van der Waals surface area contributed by atoms with Gasteiger partial charge in [-0.25, -0.2) is 0 Å². The third-order valence-electron chi connectivity index (χ3n) is 4.07. The fourth-order valence-electron chi connectivity index (χ4n) is 2.98. The summed E-state index contributed by atoms with van der Waals surface area (Å²) < 4.78 is 0. The van der Waals surface area contributed by atoms with Crippen LogP contribution in [0.15, 0.2) is 16.8 Å². The van der Waals surface area contributed by atoms with Gasteiger partial charge in [-0.05, 0) is 45.3 Å². The van der Waals surface area contributed by atoms with Crippen LogP contribution >= 0.6 is 0 Å². The lowest BCUT2D eigenvalue weighted by Gasteiger charge is -2.26. The van der Waals surface area contributed by atoms with E-state index in [1.165, 1.54) is 50.1 Å². The molecule has 3 rings (SSSR count). The monoisotopic (exact) mass is 249 g/mol. The van der Waals surface area contributed by atoms with Crippen molar-refractivity contribution >= 4 is 5.71 Å². The number of nitrogens with zero attached hydrogens (tertiary/aromatic N) is 2. The van der Waals surface area contributed by atoms with Crippen molar-refractivity contribution < 1.29 is 4.84 Å². The average molecular weight is 249 g/mol. The van der Waals surface area contributed by atoms with Crippen LogP contribution < -0.4 is 5.32 Å². The fourth-order valence-corrected chi connectivity index (χ4v) is 2.98. The predicted octanol–water partition coefficient (Wildman–Crippen LogP) is 1.88. The summed E-state index contributed by atoms with van der Waals surface area (Å²) in [5, 5.41) is 7.66. The number of nitrogens with one attached hydrogen (secondary N) is 1. The van der Waals surface area contributed by atoms with Crippen LogP contribution in [-0.2, 0) is 4.84 Å². The van der Waals surface area contributed by atoms with Crippen LogP contribution in [0.3, 0.4) is 0 Å². The van der Waals surface area contributed by atoms with Crippen molar-refractivity contribution in [2.24, 2.45) is 5.16 Å². The summed E-state index contributed by atoms with van der Waals surface area (Å²) in [6.07, 6.45) is 9.83. The Kier molecular flexibility index (Phi) is 3.96. The molecule has 0 aromatic rings. The van der Waals surface area contributed by atoms with Crippen molar-refractivity contribution in [2.45, 2.75) is 44.8 Å². The first-order valence-corrected chi connectivity index (χ1v) is 7.32. The molecule has 0 spiro atoms. The molecule has 0 aromatic carbocycles. The first-order valence-electron chi connectivity index (χ1n) is 7.32. The molecule has 3 heterocycles. The lowest BCUT2D eigenvalue weighted by atomic mass is 10.0. The Morgan fingerprint density at radius 3 is 3.06 bits per heavy atom. The average Bonchev–Trinajstić information content (AvgIpc) is 2.65. The second-order valence-electron chi connectivity index (χ2n) is 5.43. The van der Waals surface area contributed by atoms with Crippen molar-refractivity contribution in [1.29, 1.82) is 0 Å². The summed E-state index contributed by atoms with van der Waals surface area (Å²) in [7, 11) is 0. The first kappa shape index (κ1) is 12.2. The first-order chi connectivity index (χ1) is 8.93. The van der Waals surface area contributed by atoms with Crippen LogP contribution in [0.2, 0.25) is 0 Å². The SMILES string of the molecule is C1=C2C(CCN3CCCCC3)=NO[C@@H]2NCCC1. The van der Waals surface area contributed by atoms with Crippen molar-refractivity contribution in [2.75, 3.05) is 26.2 Å². The number of hydrogen-bond acceptors (Lipinski definition) is 4. The number of hydrogen-bond donors (Lipinski definition) is 1. The second-order valence-corrected chi connectivity index (χ2v) is 5.43. The minimum Gasteiger partial charge on any atom is -0.371 e. The van der Waals surface area contributed by atoms with Gasteiger partial charge in [-0.2, -0.15) is 0 Å². The highest BCUT2D eigenvalue weighted by Gasteiger charge is 2.28. The highest BCUT2D eigenvalue weighted by molar-refractivity contribution is 6.01. The molecule has 1 fully saturated rings. The van der Waals surface area contributed by atoms with E-state index < -0.39 is 0 Å². The Hall–Kier alpha value is -0.870. The van der Waals surface area contributed by atoms with E-state index in [9.17, 15) is 0 Å². The number of oxime groups is 1. The molecule has 0 unspecified atom stereocenters. The van der Waals surface area contributed by atoms with Crippen LogP contribution in [0.5, 0.6) is 0 Å². The Bertz CT molecular complexity index is 345. The largest absolute Gasteiger partial charge is 0.371 e. The number of piperidine rings is 1. The molecule has 0 bridgehead atoms. The summed E-state index contributed by atoms with van der Waals surface area (Å²) in [5.41, 5.74) is 2.46. The number of fused-ring (bicyclic) bond motifs is 1. The van der Waals surface area contributed by atoms with Crippen LogP contribution in [0.25, 0.3) is 0 Å². The molecule has 0 aliphatic carbocycles. The third kappa shape index (κ3) is 2.75. The van der Waals surface area contributed by atoms with Gasteiger partial charge >= 0.3 is 0 Å². The maximum Gasteiger partial charge on any atom is 0.206 e. The molecule has 18 heavy (non-hydrogen) atoms. The molecule has 0 saturated carbocycles. The Morgan fingerprint density at radius 2 is 2.17 bits per heavy atom. The highest BCUT2D eigenvalue weighted by atomic mass is 16.7. The summed E-state index contributed by atoms with van der Waals surface area (Å²) >= 11 is 0. The number of allylic oxidation sites excluding steroid dienone is 1. The lowest BCUT2D eigenvalue weighted by Crippen LogP contribution is -2.33. The predicted molar refractivity (Wildman–Crippen MR) is 72.5 cm³/mol. The molecule has 1 saturated heterocycles. The van der Waals surface area contributed by atoms with Gasteiger partial charge in [-0.15, -0.1) is 0 Å². The number of rotatable bonds is 3. The molecular formula is C14H23N3O. The van der Waals surface area contributed by atoms with E-state index in [4.69, 9.17) is 4.84 Å². The molecule has 3 aliphatic heterocycles. The maximum absolute atomic E-state index is 5.48. The molecule has 3 aliphatic rings. The summed E-state index contributed by atoms with van der Waals surface area (Å²) in [6.45, 7) is 4.68. The van der Waals surface area contributed by atoms with Gasteiger partial charge in [0.15, 0.2) is 0 Å². The molecule has 0 aromatic heterocycles. The Balaban J connectivity index is 1.54. The Labute approximate surface area is 109 Å². The van der Waals surface area contributed by atoms with E-state index >= 15 is 0 Å². The van der Waals surface area contributed by atoms with Crippen molar-refractivity contribution in [3.63, 3.8) is 0 Å². The van der Waals surface area contributed by atoms with Crippen molar-refractivity contribution in [3.8, 4) is 0 Å². The molecule has 4 heteroatoms. The topological polar surface area (TPSA) is 36.9 Å². The molecule has 100 valence electrons. The summed E-state index contributed by atoms with van der Waals surface area (Å²) in [4.78, 5) is 8.04. The zero-order valence-corrected chi connectivity index (χ0v) is 11.0. The minimum absolute atomic E-state index is 0.0313. The van der Waals surface area contributed by atoms with Gasteiger partial charge in [0.2, 0.25) is 6.23 Å². The van der Waals surface area contributed by atoms with E-state index in [1.54, 1.807) is 0 Å². The molecular weight excluding hydrogens is 226 g/mol. The van der Waals surface area contributed by atoms with Crippen molar-refractivity contribution in [3.05, 3.63) is 11.6 Å². The van der Waals surface area contributed by atoms with Gasteiger partial charge < -0.3 is 9.74 Å². The fraction of sp³-hybridized carbons (Fsp3) is 0.786. The summed E-state index contributed by atoms with van der Waals surface area (Å²) in [6, 6.07) is 0.